The third-order valence-electron chi connectivity index (χ3n) is 4.99. The summed E-state index contributed by atoms with van der Waals surface area (Å²) in [5.41, 5.74) is 2.07. The molecule has 29 heavy (non-hydrogen) atoms. The Bertz CT molecular complexity index is 575. The first-order valence-electron chi connectivity index (χ1n) is 8.12. The van der Waals surface area contributed by atoms with E-state index in [0.717, 1.165) is 31.1 Å². The third-order valence-corrected chi connectivity index (χ3v) is 4.99. The summed E-state index contributed by atoms with van der Waals surface area (Å²) < 4.78 is 33.6. The van der Waals surface area contributed by atoms with Crippen molar-refractivity contribution in [2.45, 2.75) is 44.6 Å². The molecule has 10 heteroatoms. The number of rotatable bonds is 2. The molecule has 0 bridgehead atoms. The summed E-state index contributed by atoms with van der Waals surface area (Å²) in [5.74, 6) is 1.38. The fourth-order valence-corrected chi connectivity index (χ4v) is 4.10. The van der Waals surface area contributed by atoms with Gasteiger partial charge in [0.15, 0.2) is 6.10 Å². The molecule has 3 rings (SSSR count). The monoisotopic (exact) mass is 805 g/mol. The predicted molar refractivity (Wildman–Crippen MR) is 113 cm³/mol. The molecule has 0 aromatic rings. The first-order chi connectivity index (χ1) is 13.5. The van der Waals surface area contributed by atoms with Gasteiger partial charge in [0.05, 0.1) is 12.7 Å². The number of hydrogen-bond acceptors (Lipinski definition) is 3. The van der Waals surface area contributed by atoms with Crippen LogP contribution in [0.1, 0.15) is 39.0 Å². The second-order valence-electron chi connectivity index (χ2n) is 6.24. The van der Waals surface area contributed by atoms with E-state index in [4.69, 9.17) is 23.4 Å². The van der Waals surface area contributed by atoms with Crippen LogP contribution in [0.25, 0.3) is 0 Å². The van der Waals surface area contributed by atoms with Gasteiger partial charge in [0.2, 0.25) is 0 Å². The molecule has 6 nitrogen and oxygen atoms in total. The van der Waals surface area contributed by atoms with Crippen LogP contribution in [0.4, 0.5) is 0 Å². The van der Waals surface area contributed by atoms with Crippen LogP contribution in [0.2, 0.25) is 0 Å². The van der Waals surface area contributed by atoms with Crippen molar-refractivity contribution in [3.05, 3.63) is 49.0 Å². The van der Waals surface area contributed by atoms with E-state index in [9.17, 15) is 5.11 Å². The number of halogens is 2. The molecule has 0 aliphatic heterocycles. The normalized spacial score (nSPS) is 26.3. The van der Waals surface area contributed by atoms with Crippen molar-refractivity contribution < 1.29 is 71.4 Å². The first kappa shape index (κ1) is 35.3. The molecule has 1 N–H and O–H groups in total. The molecule has 1 fully saturated rings. The molecule has 0 unspecified atom stereocenters. The molecular formula is C19H23CrI2O6Sm. The van der Waals surface area contributed by atoms with Gasteiger partial charge in [-0.05, 0) is 56.6 Å². The fraction of sp³-hybridized carbons (Fsp3) is 0.579. The van der Waals surface area contributed by atoms with Crippen LogP contribution in [0.5, 0.6) is 0 Å². The van der Waals surface area contributed by atoms with E-state index in [0.29, 0.717) is 5.92 Å². The summed E-state index contributed by atoms with van der Waals surface area (Å²) >= 11 is 5.07. The van der Waals surface area contributed by atoms with Crippen LogP contribution >= 0.6 is 28.6 Å². The maximum absolute atomic E-state index is 10.8. The van der Waals surface area contributed by atoms with Crippen molar-refractivity contribution >= 4 is 28.6 Å². The summed E-state index contributed by atoms with van der Waals surface area (Å²) in [5, 5.41) is 10.8. The van der Waals surface area contributed by atoms with Crippen LogP contribution in [-0.2, 0) is 40.8 Å². The Morgan fingerprint density at radius 2 is 1.62 bits per heavy atom. The first-order valence-corrected chi connectivity index (χ1v) is 23.2. The van der Waals surface area contributed by atoms with E-state index in [1.54, 1.807) is 14.2 Å². The minimum atomic E-state index is -0.724. The quantitative estimate of drug-likeness (QED) is 0.251. The molecule has 1 saturated carbocycles. The van der Waals surface area contributed by atoms with Gasteiger partial charge >= 0.3 is 87.9 Å². The van der Waals surface area contributed by atoms with E-state index >= 15 is 0 Å². The number of methoxy groups -OCH3 is 2. The standard InChI is InChI=1S/C16H23O3.3CO.Cr.2HI.Sm/c1-16(17)8-7-10-5-4-6-11-9-12(18-2)15(19-3)14(16)13(10)11;3*1-2;;;;/h9-10,14,17H,4-8H2,1-3H3;;;;;2*1H;/q;;;;;;;+2/p-2/t10-,14+,16-;;;;;;;/m1......./s1. The van der Waals surface area contributed by atoms with Crippen molar-refractivity contribution in [2.75, 3.05) is 14.2 Å². The fourth-order valence-electron chi connectivity index (χ4n) is 4.10. The van der Waals surface area contributed by atoms with Gasteiger partial charge in [-0.25, -0.2) is 0 Å². The molecule has 0 aromatic heterocycles. The van der Waals surface area contributed by atoms with Gasteiger partial charge in [0.1, 0.15) is 5.76 Å². The summed E-state index contributed by atoms with van der Waals surface area (Å²) in [6, 6.07) is 0. The van der Waals surface area contributed by atoms with E-state index in [2.05, 4.69) is 54.6 Å². The van der Waals surface area contributed by atoms with Gasteiger partial charge in [0, 0.05) is 30.4 Å². The van der Waals surface area contributed by atoms with E-state index in [1.807, 2.05) is 6.92 Å². The van der Waals surface area contributed by atoms with Gasteiger partial charge in [-0.15, -0.1) is 0 Å². The van der Waals surface area contributed by atoms with Gasteiger partial charge in [0.25, 0.3) is 0 Å². The summed E-state index contributed by atoms with van der Waals surface area (Å²) in [4.78, 5) is 0. The topological polar surface area (TPSA) is 98.4 Å². The van der Waals surface area contributed by atoms with Crippen LogP contribution in [-0.4, -0.2) is 24.9 Å². The zero-order valence-electron chi connectivity index (χ0n) is 16.3. The molecule has 3 aliphatic rings. The van der Waals surface area contributed by atoms with Crippen molar-refractivity contribution in [1.82, 2.24) is 0 Å². The van der Waals surface area contributed by atoms with Crippen LogP contribution in [0, 0.1) is 63.3 Å². The Kier molecular flexibility index (Phi) is 24.8. The molecule has 0 amide bonds. The number of hydrogen-bond donors (Lipinski definition) is 1. The Hall–Kier alpha value is 1.75. The Labute approximate surface area is 216 Å². The van der Waals surface area contributed by atoms with Gasteiger partial charge < -0.3 is 14.6 Å². The predicted octanol–water partition coefficient (Wildman–Crippen LogP) is 4.62. The zero-order valence-corrected chi connectivity index (χ0v) is 24.5. The van der Waals surface area contributed by atoms with Crippen molar-refractivity contribution in [3.8, 4) is 0 Å². The molecule has 0 aromatic carbocycles. The third kappa shape index (κ3) is 10.0. The van der Waals surface area contributed by atoms with Crippen molar-refractivity contribution in [1.29, 1.82) is 0 Å². The van der Waals surface area contributed by atoms with Crippen molar-refractivity contribution in [3.63, 3.8) is 0 Å². The molecule has 1 radical (unpaired) electrons. The summed E-state index contributed by atoms with van der Waals surface area (Å²) in [7, 11) is 3.35. The van der Waals surface area contributed by atoms with Crippen LogP contribution < -0.4 is 0 Å². The average molecular weight is 804 g/mol. The molecule has 0 spiro atoms. The average Bonchev–Trinajstić information content (AvgIpc) is 2.75. The molecule has 0 heterocycles. The minimum absolute atomic E-state index is 0. The van der Waals surface area contributed by atoms with Gasteiger partial charge in [-0.2, -0.15) is 0 Å². The second kappa shape index (κ2) is 20.4. The van der Waals surface area contributed by atoms with Crippen molar-refractivity contribution in [2.24, 2.45) is 11.8 Å². The van der Waals surface area contributed by atoms with Crippen LogP contribution in [0.3, 0.4) is 0 Å². The van der Waals surface area contributed by atoms with Gasteiger partial charge in [-0.1, -0.05) is 5.57 Å². The molecule has 3 atom stereocenters. The number of aliphatic hydroxyl groups is 1. The van der Waals surface area contributed by atoms with E-state index in [1.165, 1.54) is 24.0 Å². The molecular weight excluding hydrogens is 780 g/mol. The Morgan fingerprint density at radius 3 is 2.07 bits per heavy atom. The molecule has 161 valence electrons. The Balaban J connectivity index is -0.000000595. The zero-order chi connectivity index (χ0) is 22.3. The summed E-state index contributed by atoms with van der Waals surface area (Å²) in [6.07, 6.45) is 8.45. The van der Waals surface area contributed by atoms with Gasteiger partial charge in [-0.3, -0.25) is 0 Å². The second-order valence-corrected chi connectivity index (χ2v) is 25.6. The summed E-state index contributed by atoms with van der Waals surface area (Å²) in [6.45, 7) is 15.4. The SMILES string of the molecule is CO[C]1C(OC)=CC2=C3[C@H](CCC2)CC[C@@](C)(O)[C@H]13.[C-]#[O+].[C-]#[O+].[C-]#[O+].[Cr].[I][Sm][I]. The van der Waals surface area contributed by atoms with Crippen LogP contribution in [0.15, 0.2) is 23.0 Å². The maximum atomic E-state index is 10.8. The van der Waals surface area contributed by atoms with E-state index < -0.39 is 5.60 Å². The number of allylic oxidation sites excluding steroid dienone is 2. The van der Waals surface area contributed by atoms with E-state index in [-0.39, 0.29) is 48.7 Å². The molecule has 3 aliphatic carbocycles. The number of ether oxygens (including phenoxy) is 2. The molecule has 0 saturated heterocycles. The Morgan fingerprint density at radius 1 is 1.10 bits per heavy atom.